The van der Waals surface area contributed by atoms with Crippen molar-refractivity contribution in [3.8, 4) is 11.5 Å². The topological polar surface area (TPSA) is 77.6 Å². The van der Waals surface area contributed by atoms with Crippen LogP contribution in [0.4, 0.5) is 0 Å². The summed E-state index contributed by atoms with van der Waals surface area (Å²) < 4.78 is 16.0. The zero-order valence-electron chi connectivity index (χ0n) is 11.1. The normalized spacial score (nSPS) is 12.2. The molecule has 6 heteroatoms. The van der Waals surface area contributed by atoms with Crippen LogP contribution in [0.25, 0.3) is 0 Å². The fraction of sp³-hybridized carbons (Fsp3) is 0.385. The maximum atomic E-state index is 9.52. The zero-order valence-corrected chi connectivity index (χ0v) is 11.1. The molecule has 6 nitrogen and oxygen atoms in total. The lowest BCUT2D eigenvalue weighted by Crippen LogP contribution is -1.99. The van der Waals surface area contributed by atoms with E-state index in [1.165, 1.54) is 0 Å². The zero-order chi connectivity index (χ0) is 13.8. The van der Waals surface area contributed by atoms with Gasteiger partial charge in [-0.05, 0) is 24.6 Å². The fourth-order valence-corrected chi connectivity index (χ4v) is 1.60. The first-order chi connectivity index (χ1) is 9.10. The van der Waals surface area contributed by atoms with Gasteiger partial charge < -0.3 is 19.0 Å². The Hall–Kier alpha value is -2.08. The number of rotatable bonds is 5. The van der Waals surface area contributed by atoms with Gasteiger partial charge in [0.2, 0.25) is 5.89 Å². The van der Waals surface area contributed by atoms with Crippen molar-refractivity contribution in [3.63, 3.8) is 0 Å². The summed E-state index contributed by atoms with van der Waals surface area (Å²) in [5, 5.41) is 17.1. The number of hydrogen-bond acceptors (Lipinski definition) is 6. The van der Waals surface area contributed by atoms with Crippen LogP contribution in [0.15, 0.2) is 22.6 Å². The Morgan fingerprint density at radius 2 is 2.11 bits per heavy atom. The number of aryl methyl sites for hydroxylation is 1. The first-order valence-corrected chi connectivity index (χ1v) is 5.88. The Morgan fingerprint density at radius 1 is 1.32 bits per heavy atom. The van der Waals surface area contributed by atoms with Gasteiger partial charge in [0, 0.05) is 6.92 Å². The van der Waals surface area contributed by atoms with Crippen molar-refractivity contribution in [2.45, 2.75) is 26.6 Å². The predicted molar refractivity (Wildman–Crippen MR) is 67.0 cm³/mol. The molecule has 0 aliphatic rings. The van der Waals surface area contributed by atoms with Gasteiger partial charge in [-0.25, -0.2) is 0 Å². The molecule has 1 N–H and O–H groups in total. The molecule has 1 atom stereocenters. The van der Waals surface area contributed by atoms with E-state index in [1.807, 2.05) is 0 Å². The Kier molecular flexibility index (Phi) is 4.01. The molecule has 19 heavy (non-hydrogen) atoms. The third-order valence-electron chi connectivity index (χ3n) is 2.59. The van der Waals surface area contributed by atoms with E-state index >= 15 is 0 Å². The van der Waals surface area contributed by atoms with Crippen LogP contribution in [0.5, 0.6) is 11.5 Å². The van der Waals surface area contributed by atoms with Gasteiger partial charge in [0.25, 0.3) is 5.89 Å². The van der Waals surface area contributed by atoms with E-state index in [9.17, 15) is 5.11 Å². The van der Waals surface area contributed by atoms with Crippen molar-refractivity contribution in [1.82, 2.24) is 10.2 Å². The van der Waals surface area contributed by atoms with Crippen molar-refractivity contribution in [3.05, 3.63) is 35.5 Å². The van der Waals surface area contributed by atoms with E-state index in [4.69, 9.17) is 13.9 Å². The van der Waals surface area contributed by atoms with Crippen LogP contribution in [-0.4, -0.2) is 22.4 Å². The van der Waals surface area contributed by atoms with Gasteiger partial charge >= 0.3 is 0 Å². The number of aromatic nitrogens is 2. The van der Waals surface area contributed by atoms with Crippen LogP contribution < -0.4 is 9.47 Å². The second-order valence-electron chi connectivity index (χ2n) is 4.09. The second kappa shape index (κ2) is 5.71. The Bertz CT molecular complexity index is 551. The lowest BCUT2D eigenvalue weighted by molar-refractivity contribution is 0.198. The summed E-state index contributed by atoms with van der Waals surface area (Å²) in [6.07, 6.45) is -0.554. The van der Waals surface area contributed by atoms with E-state index in [0.29, 0.717) is 23.3 Å². The van der Waals surface area contributed by atoms with Crippen molar-refractivity contribution in [2.75, 3.05) is 7.11 Å². The van der Waals surface area contributed by atoms with Crippen LogP contribution in [0.3, 0.4) is 0 Å². The van der Waals surface area contributed by atoms with Gasteiger partial charge in [0.1, 0.15) is 0 Å². The van der Waals surface area contributed by atoms with Gasteiger partial charge in [-0.1, -0.05) is 6.07 Å². The molecule has 0 unspecified atom stereocenters. The quantitative estimate of drug-likeness (QED) is 0.890. The molecule has 0 saturated carbocycles. The number of nitrogens with zero attached hydrogens (tertiary/aromatic N) is 2. The van der Waals surface area contributed by atoms with E-state index in [0.717, 1.165) is 5.56 Å². The van der Waals surface area contributed by atoms with E-state index in [1.54, 1.807) is 39.2 Å². The Balaban J connectivity index is 2.11. The monoisotopic (exact) mass is 264 g/mol. The van der Waals surface area contributed by atoms with Gasteiger partial charge in [0.05, 0.1) is 13.2 Å². The number of aliphatic hydroxyl groups is 1. The minimum absolute atomic E-state index is 0.172. The standard InChI is InChI=1S/C13H16N2O4/c1-8(16)10-4-5-11(12(6-10)17-3)18-7-13-15-14-9(2)19-13/h4-6,8,16H,7H2,1-3H3/t8-/m0/s1. The summed E-state index contributed by atoms with van der Waals surface area (Å²) in [7, 11) is 1.55. The highest BCUT2D eigenvalue weighted by Gasteiger charge is 2.10. The molecule has 1 aromatic heterocycles. The molecule has 1 heterocycles. The third kappa shape index (κ3) is 3.23. The maximum absolute atomic E-state index is 9.52. The van der Waals surface area contributed by atoms with Crippen molar-refractivity contribution >= 4 is 0 Å². The summed E-state index contributed by atoms with van der Waals surface area (Å²) in [6, 6.07) is 5.25. The first kappa shape index (κ1) is 13.4. The van der Waals surface area contributed by atoms with Crippen LogP contribution >= 0.6 is 0 Å². The highest BCUT2D eigenvalue weighted by atomic mass is 16.5. The van der Waals surface area contributed by atoms with Crippen molar-refractivity contribution in [2.24, 2.45) is 0 Å². The Morgan fingerprint density at radius 3 is 2.68 bits per heavy atom. The number of methoxy groups -OCH3 is 1. The summed E-state index contributed by atoms with van der Waals surface area (Å²) in [5.41, 5.74) is 0.762. The third-order valence-corrected chi connectivity index (χ3v) is 2.59. The Labute approximate surface area is 111 Å². The van der Waals surface area contributed by atoms with Crippen LogP contribution in [-0.2, 0) is 6.61 Å². The summed E-state index contributed by atoms with van der Waals surface area (Å²) >= 11 is 0. The summed E-state index contributed by atoms with van der Waals surface area (Å²) in [4.78, 5) is 0. The average Bonchev–Trinajstić information content (AvgIpc) is 2.81. The summed E-state index contributed by atoms with van der Waals surface area (Å²) in [6.45, 7) is 3.58. The average molecular weight is 264 g/mol. The van der Waals surface area contributed by atoms with Gasteiger partial charge in [-0.3, -0.25) is 0 Å². The molecular formula is C13H16N2O4. The van der Waals surface area contributed by atoms with Crippen molar-refractivity contribution < 1.29 is 19.0 Å². The van der Waals surface area contributed by atoms with Crippen LogP contribution in [0, 0.1) is 6.92 Å². The predicted octanol–water partition coefficient (Wildman–Crippen LogP) is 2.02. The lowest BCUT2D eigenvalue weighted by atomic mass is 10.1. The van der Waals surface area contributed by atoms with Gasteiger partial charge in [-0.2, -0.15) is 0 Å². The fourth-order valence-electron chi connectivity index (χ4n) is 1.60. The van der Waals surface area contributed by atoms with E-state index in [-0.39, 0.29) is 6.61 Å². The number of aliphatic hydroxyl groups excluding tert-OH is 1. The van der Waals surface area contributed by atoms with Gasteiger partial charge in [-0.15, -0.1) is 10.2 Å². The van der Waals surface area contributed by atoms with Crippen molar-refractivity contribution in [1.29, 1.82) is 0 Å². The first-order valence-electron chi connectivity index (χ1n) is 5.88. The molecule has 0 amide bonds. The van der Waals surface area contributed by atoms with Gasteiger partial charge in [0.15, 0.2) is 18.1 Å². The smallest absolute Gasteiger partial charge is 0.253 e. The SMILES string of the molecule is COc1cc([C@H](C)O)ccc1OCc1nnc(C)o1. The summed E-state index contributed by atoms with van der Waals surface area (Å²) in [5.74, 6) is 2.01. The maximum Gasteiger partial charge on any atom is 0.253 e. The second-order valence-corrected chi connectivity index (χ2v) is 4.09. The minimum atomic E-state index is -0.554. The number of ether oxygens (including phenoxy) is 2. The largest absolute Gasteiger partial charge is 0.493 e. The van der Waals surface area contributed by atoms with Crippen LogP contribution in [0.2, 0.25) is 0 Å². The molecule has 0 aliphatic carbocycles. The number of benzene rings is 1. The number of hydrogen-bond donors (Lipinski definition) is 1. The lowest BCUT2D eigenvalue weighted by Gasteiger charge is -2.12. The molecule has 0 spiro atoms. The highest BCUT2D eigenvalue weighted by Crippen LogP contribution is 2.30. The van der Waals surface area contributed by atoms with E-state index < -0.39 is 6.10 Å². The van der Waals surface area contributed by atoms with E-state index in [2.05, 4.69) is 10.2 Å². The molecule has 0 bridgehead atoms. The highest BCUT2D eigenvalue weighted by molar-refractivity contribution is 5.43. The molecule has 0 aliphatic heterocycles. The molecular weight excluding hydrogens is 248 g/mol. The molecule has 1 aromatic carbocycles. The molecule has 0 radical (unpaired) electrons. The van der Waals surface area contributed by atoms with Crippen LogP contribution in [0.1, 0.15) is 30.4 Å². The molecule has 2 aromatic rings. The molecule has 102 valence electrons. The minimum Gasteiger partial charge on any atom is -0.493 e. The molecule has 0 saturated heterocycles. The molecule has 0 fully saturated rings. The molecule has 2 rings (SSSR count).